The van der Waals surface area contributed by atoms with E-state index in [9.17, 15) is 9.59 Å². The maximum Gasteiger partial charge on any atom is 0.253 e. The van der Waals surface area contributed by atoms with Crippen molar-refractivity contribution in [2.75, 3.05) is 0 Å². The van der Waals surface area contributed by atoms with Crippen LogP contribution < -0.4 is 10.6 Å². The van der Waals surface area contributed by atoms with E-state index < -0.39 is 6.04 Å². The van der Waals surface area contributed by atoms with Crippen LogP contribution in [0.5, 0.6) is 0 Å². The van der Waals surface area contributed by atoms with Gasteiger partial charge in [0.25, 0.3) is 5.91 Å². The number of hydrogen-bond donors (Lipinski definition) is 2. The van der Waals surface area contributed by atoms with Crippen molar-refractivity contribution >= 4 is 27.7 Å². The lowest BCUT2D eigenvalue weighted by atomic mass is 10.0. The van der Waals surface area contributed by atoms with Gasteiger partial charge in [-0.3, -0.25) is 14.3 Å². The summed E-state index contributed by atoms with van der Waals surface area (Å²) >= 11 is 3.39. The van der Waals surface area contributed by atoms with Crippen molar-refractivity contribution in [3.05, 3.63) is 88.2 Å². The van der Waals surface area contributed by atoms with Crippen LogP contribution in [-0.2, 0) is 17.9 Å². The molecule has 0 bridgehead atoms. The zero-order valence-corrected chi connectivity index (χ0v) is 18.6. The highest BCUT2D eigenvalue weighted by atomic mass is 79.9. The minimum Gasteiger partial charge on any atom is -0.350 e. The molecule has 0 fully saturated rings. The summed E-state index contributed by atoms with van der Waals surface area (Å²) in [5.41, 5.74) is 2.60. The maximum absolute atomic E-state index is 12.9. The summed E-state index contributed by atoms with van der Waals surface area (Å²) in [5, 5.41) is 10.1. The molecule has 2 N–H and O–H groups in total. The third kappa shape index (κ3) is 5.57. The van der Waals surface area contributed by atoms with E-state index in [0.717, 1.165) is 11.1 Å². The van der Waals surface area contributed by atoms with E-state index >= 15 is 0 Å². The van der Waals surface area contributed by atoms with Crippen molar-refractivity contribution in [3.63, 3.8) is 0 Å². The largest absolute Gasteiger partial charge is 0.350 e. The number of benzene rings is 2. The van der Waals surface area contributed by atoms with Crippen molar-refractivity contribution in [2.45, 2.75) is 33.0 Å². The van der Waals surface area contributed by atoms with Crippen LogP contribution in [0.2, 0.25) is 0 Å². The van der Waals surface area contributed by atoms with Crippen LogP contribution in [0.25, 0.3) is 0 Å². The fraction of sp³-hybridized carbons (Fsp3) is 0.261. The average molecular weight is 469 g/mol. The lowest BCUT2D eigenvalue weighted by Crippen LogP contribution is -2.49. The Kier molecular flexibility index (Phi) is 7.41. The molecule has 1 unspecified atom stereocenters. The zero-order chi connectivity index (χ0) is 21.5. The lowest BCUT2D eigenvalue weighted by molar-refractivity contribution is -0.124. The Labute approximate surface area is 184 Å². The van der Waals surface area contributed by atoms with Gasteiger partial charge in [0.15, 0.2) is 0 Å². The van der Waals surface area contributed by atoms with Crippen molar-refractivity contribution < 1.29 is 9.59 Å². The molecule has 1 atom stereocenters. The van der Waals surface area contributed by atoms with Crippen LogP contribution in [0.4, 0.5) is 0 Å². The van der Waals surface area contributed by atoms with Gasteiger partial charge < -0.3 is 10.6 Å². The number of nitrogens with zero attached hydrogens (tertiary/aromatic N) is 2. The van der Waals surface area contributed by atoms with Gasteiger partial charge in [-0.05, 0) is 51.2 Å². The summed E-state index contributed by atoms with van der Waals surface area (Å²) in [4.78, 5) is 25.5. The smallest absolute Gasteiger partial charge is 0.253 e. The van der Waals surface area contributed by atoms with E-state index in [0.29, 0.717) is 23.1 Å². The Bertz CT molecular complexity index is 1000. The van der Waals surface area contributed by atoms with Crippen LogP contribution in [0, 0.1) is 5.92 Å². The third-order valence-corrected chi connectivity index (χ3v) is 5.51. The molecular weight excluding hydrogens is 444 g/mol. The van der Waals surface area contributed by atoms with Crippen molar-refractivity contribution in [1.82, 2.24) is 20.4 Å². The van der Waals surface area contributed by atoms with Crippen LogP contribution >= 0.6 is 15.9 Å². The number of nitrogens with one attached hydrogen (secondary N) is 2. The van der Waals surface area contributed by atoms with E-state index in [1.165, 1.54) is 0 Å². The van der Waals surface area contributed by atoms with E-state index in [1.807, 2.05) is 61.1 Å². The van der Waals surface area contributed by atoms with Gasteiger partial charge in [0.1, 0.15) is 6.04 Å². The highest BCUT2D eigenvalue weighted by Crippen LogP contribution is 2.16. The molecule has 7 heteroatoms. The number of rotatable bonds is 8. The quantitative estimate of drug-likeness (QED) is 0.528. The lowest BCUT2D eigenvalue weighted by Gasteiger charge is -2.22. The Hall–Kier alpha value is -2.93. The first-order valence-corrected chi connectivity index (χ1v) is 10.6. The van der Waals surface area contributed by atoms with E-state index in [-0.39, 0.29) is 17.7 Å². The normalized spacial score (nSPS) is 11.9. The predicted octanol–water partition coefficient (Wildman–Crippen LogP) is 3.76. The minimum atomic E-state index is -0.636. The second kappa shape index (κ2) is 10.2. The molecule has 0 aliphatic carbocycles. The number of amides is 2. The fourth-order valence-electron chi connectivity index (χ4n) is 3.14. The Morgan fingerprint density at radius 2 is 1.73 bits per heavy atom. The van der Waals surface area contributed by atoms with Gasteiger partial charge in [0.05, 0.1) is 12.1 Å². The molecule has 6 nitrogen and oxygen atoms in total. The first-order chi connectivity index (χ1) is 14.5. The molecule has 1 heterocycles. The number of hydrogen-bond acceptors (Lipinski definition) is 3. The summed E-state index contributed by atoms with van der Waals surface area (Å²) in [7, 11) is 0. The first kappa shape index (κ1) is 21.8. The van der Waals surface area contributed by atoms with E-state index in [2.05, 4.69) is 31.7 Å². The van der Waals surface area contributed by atoms with Gasteiger partial charge in [-0.15, -0.1) is 0 Å². The minimum absolute atomic E-state index is 0.0595. The van der Waals surface area contributed by atoms with Crippen LogP contribution in [0.15, 0.2) is 71.5 Å². The molecule has 156 valence electrons. The second-order valence-electron chi connectivity index (χ2n) is 7.37. The average Bonchev–Trinajstić information content (AvgIpc) is 3.24. The van der Waals surface area contributed by atoms with Gasteiger partial charge in [0.2, 0.25) is 5.91 Å². The summed E-state index contributed by atoms with van der Waals surface area (Å²) in [5.74, 6) is -0.551. The van der Waals surface area contributed by atoms with Crippen molar-refractivity contribution in [2.24, 2.45) is 5.92 Å². The van der Waals surface area contributed by atoms with Crippen LogP contribution in [0.1, 0.15) is 35.3 Å². The first-order valence-electron chi connectivity index (χ1n) is 9.83. The Balaban J connectivity index is 1.66. The van der Waals surface area contributed by atoms with Crippen molar-refractivity contribution in [3.8, 4) is 0 Å². The van der Waals surface area contributed by atoms with Gasteiger partial charge in [-0.2, -0.15) is 5.10 Å². The molecule has 0 aliphatic heterocycles. The summed E-state index contributed by atoms with van der Waals surface area (Å²) in [6.07, 6.45) is 3.65. The Morgan fingerprint density at radius 1 is 1.03 bits per heavy atom. The van der Waals surface area contributed by atoms with E-state index in [1.54, 1.807) is 24.4 Å². The Morgan fingerprint density at radius 3 is 2.40 bits per heavy atom. The van der Waals surface area contributed by atoms with Crippen LogP contribution in [0.3, 0.4) is 0 Å². The standard InChI is InChI=1S/C23H25BrN4O2/c1-16(2)21(27-22(29)19-10-5-6-11-20(19)24)23(30)25-14-17-8-3-4-9-18(17)15-28-13-7-12-26-28/h3-13,16,21H,14-15H2,1-2H3,(H,25,30)(H,27,29). The number of carbonyl (C=O) groups is 2. The number of aromatic nitrogens is 2. The van der Waals surface area contributed by atoms with Crippen LogP contribution in [-0.4, -0.2) is 27.6 Å². The molecule has 30 heavy (non-hydrogen) atoms. The molecule has 1 aromatic heterocycles. The monoisotopic (exact) mass is 468 g/mol. The predicted molar refractivity (Wildman–Crippen MR) is 120 cm³/mol. The molecule has 3 aromatic rings. The molecular formula is C23H25BrN4O2. The molecule has 0 saturated carbocycles. The zero-order valence-electron chi connectivity index (χ0n) is 17.0. The van der Waals surface area contributed by atoms with Gasteiger partial charge in [0, 0.05) is 23.4 Å². The van der Waals surface area contributed by atoms with Crippen molar-refractivity contribution in [1.29, 1.82) is 0 Å². The number of carbonyl (C=O) groups excluding carboxylic acids is 2. The molecule has 2 aromatic carbocycles. The summed E-state index contributed by atoms with van der Waals surface area (Å²) in [6.45, 7) is 4.84. The second-order valence-corrected chi connectivity index (χ2v) is 8.22. The molecule has 2 amide bonds. The SMILES string of the molecule is CC(C)C(NC(=O)c1ccccc1Br)C(=O)NCc1ccccc1Cn1cccn1. The highest BCUT2D eigenvalue weighted by molar-refractivity contribution is 9.10. The number of halogens is 1. The molecule has 3 rings (SSSR count). The van der Waals surface area contributed by atoms with Gasteiger partial charge in [-0.25, -0.2) is 0 Å². The molecule has 0 spiro atoms. The topological polar surface area (TPSA) is 76.0 Å². The maximum atomic E-state index is 12.9. The van der Waals surface area contributed by atoms with Gasteiger partial charge >= 0.3 is 0 Å². The summed E-state index contributed by atoms with van der Waals surface area (Å²) in [6, 6.07) is 16.3. The fourth-order valence-corrected chi connectivity index (χ4v) is 3.61. The summed E-state index contributed by atoms with van der Waals surface area (Å²) < 4.78 is 2.54. The van der Waals surface area contributed by atoms with E-state index in [4.69, 9.17) is 0 Å². The van der Waals surface area contributed by atoms with Gasteiger partial charge in [-0.1, -0.05) is 50.2 Å². The molecule has 0 aliphatic rings. The highest BCUT2D eigenvalue weighted by Gasteiger charge is 2.25. The molecule has 0 radical (unpaired) electrons. The molecule has 0 saturated heterocycles. The third-order valence-electron chi connectivity index (χ3n) is 4.82.